The van der Waals surface area contributed by atoms with Crippen molar-refractivity contribution < 1.29 is 9.90 Å². The van der Waals surface area contributed by atoms with Crippen LogP contribution >= 0.6 is 11.8 Å². The zero-order valence-electron chi connectivity index (χ0n) is 9.41. The normalized spacial score (nSPS) is 18.8. The van der Waals surface area contributed by atoms with E-state index in [1.807, 2.05) is 0 Å². The molecule has 3 nitrogen and oxygen atoms in total. The number of thioether (sulfide) groups is 1. The third-order valence-electron chi connectivity index (χ3n) is 2.63. The minimum Gasteiger partial charge on any atom is -0.481 e. The highest BCUT2D eigenvalue weighted by Crippen LogP contribution is 2.37. The third kappa shape index (κ3) is 2.32. The first kappa shape index (κ1) is 11.3. The molecule has 1 aliphatic rings. The van der Waals surface area contributed by atoms with Crippen LogP contribution in [0.2, 0.25) is 0 Å². The fourth-order valence-corrected chi connectivity index (χ4v) is 3.15. The summed E-state index contributed by atoms with van der Waals surface area (Å²) in [6.45, 7) is 4.15. The highest BCUT2D eigenvalue weighted by Gasteiger charge is 2.21. The second kappa shape index (κ2) is 4.37. The summed E-state index contributed by atoms with van der Waals surface area (Å²) in [5, 5.41) is 12.1. The second-order valence-corrected chi connectivity index (χ2v) is 5.24. The van der Waals surface area contributed by atoms with E-state index in [-0.39, 0.29) is 12.5 Å². The molecule has 1 aromatic carbocycles. The average molecular weight is 237 g/mol. The molecule has 0 spiro atoms. The number of anilines is 1. The van der Waals surface area contributed by atoms with Crippen molar-refractivity contribution in [2.75, 3.05) is 11.1 Å². The summed E-state index contributed by atoms with van der Waals surface area (Å²) in [6, 6.07) is 4.28. The molecule has 0 bridgehead atoms. The first-order chi connectivity index (χ1) is 7.56. The standard InChI is InChI=1S/C12H15NO2S/c1-7-3-8(2)12-10(4-7)13-9(6-16-12)5-11(14)15/h3-4,9,13H,5-6H2,1-2H3,(H,14,15). The zero-order chi connectivity index (χ0) is 11.7. The summed E-state index contributed by atoms with van der Waals surface area (Å²) in [5.74, 6) is 0.0781. The lowest BCUT2D eigenvalue weighted by molar-refractivity contribution is -0.137. The van der Waals surface area contributed by atoms with Crippen molar-refractivity contribution >= 4 is 23.4 Å². The van der Waals surface area contributed by atoms with Crippen LogP contribution in [-0.2, 0) is 4.79 Å². The van der Waals surface area contributed by atoms with Gasteiger partial charge in [-0.25, -0.2) is 0 Å². The third-order valence-corrected chi connectivity index (χ3v) is 4.03. The minimum atomic E-state index is -0.745. The molecule has 0 fully saturated rings. The molecular weight excluding hydrogens is 222 g/mol. The molecule has 2 rings (SSSR count). The number of nitrogens with one attached hydrogen (secondary N) is 1. The smallest absolute Gasteiger partial charge is 0.305 e. The van der Waals surface area contributed by atoms with Crippen molar-refractivity contribution in [3.63, 3.8) is 0 Å². The molecule has 0 radical (unpaired) electrons. The highest BCUT2D eigenvalue weighted by molar-refractivity contribution is 7.99. The fraction of sp³-hybridized carbons (Fsp3) is 0.417. The highest BCUT2D eigenvalue weighted by atomic mass is 32.2. The maximum Gasteiger partial charge on any atom is 0.305 e. The van der Waals surface area contributed by atoms with Gasteiger partial charge in [0.15, 0.2) is 0 Å². The number of hydrogen-bond donors (Lipinski definition) is 2. The Hall–Kier alpha value is -1.16. The van der Waals surface area contributed by atoms with E-state index >= 15 is 0 Å². The van der Waals surface area contributed by atoms with E-state index in [0.29, 0.717) is 0 Å². The van der Waals surface area contributed by atoms with Crippen LogP contribution in [0.1, 0.15) is 17.5 Å². The predicted octanol–water partition coefficient (Wildman–Crippen LogP) is 2.66. The Labute approximate surface area is 99.2 Å². The van der Waals surface area contributed by atoms with Gasteiger partial charge in [-0.05, 0) is 31.0 Å². The lowest BCUT2D eigenvalue weighted by atomic mass is 10.1. The minimum absolute atomic E-state index is 0.0381. The summed E-state index contributed by atoms with van der Waals surface area (Å²) in [5.41, 5.74) is 3.56. The molecule has 1 atom stereocenters. The summed E-state index contributed by atoms with van der Waals surface area (Å²) >= 11 is 1.75. The number of carbonyl (C=O) groups is 1. The molecule has 2 N–H and O–H groups in total. The number of carboxylic acids is 1. The van der Waals surface area contributed by atoms with Crippen LogP contribution in [0, 0.1) is 13.8 Å². The first-order valence-corrected chi connectivity index (χ1v) is 6.27. The molecule has 86 valence electrons. The number of aliphatic carboxylic acids is 1. The van der Waals surface area contributed by atoms with Gasteiger partial charge in [0, 0.05) is 22.4 Å². The Morgan fingerprint density at radius 1 is 1.56 bits per heavy atom. The van der Waals surface area contributed by atoms with Gasteiger partial charge in [-0.2, -0.15) is 0 Å². The van der Waals surface area contributed by atoms with Crippen molar-refractivity contribution in [3.05, 3.63) is 23.3 Å². The van der Waals surface area contributed by atoms with E-state index < -0.39 is 5.97 Å². The van der Waals surface area contributed by atoms with Crippen molar-refractivity contribution in [2.45, 2.75) is 31.2 Å². The first-order valence-electron chi connectivity index (χ1n) is 5.28. The molecule has 1 heterocycles. The molecule has 1 unspecified atom stereocenters. The molecule has 0 amide bonds. The summed E-state index contributed by atoms with van der Waals surface area (Å²) < 4.78 is 0. The van der Waals surface area contributed by atoms with Crippen LogP contribution in [0.25, 0.3) is 0 Å². The summed E-state index contributed by atoms with van der Waals surface area (Å²) in [4.78, 5) is 11.9. The molecule has 1 aromatic rings. The predicted molar refractivity (Wildman–Crippen MR) is 66.3 cm³/mol. The van der Waals surface area contributed by atoms with Crippen molar-refractivity contribution in [1.82, 2.24) is 0 Å². The van der Waals surface area contributed by atoms with Crippen molar-refractivity contribution in [2.24, 2.45) is 0 Å². The Morgan fingerprint density at radius 2 is 2.31 bits per heavy atom. The Morgan fingerprint density at radius 3 is 3.00 bits per heavy atom. The average Bonchev–Trinajstić information content (AvgIpc) is 2.15. The number of benzene rings is 1. The summed E-state index contributed by atoms with van der Waals surface area (Å²) in [7, 11) is 0. The Bertz CT molecular complexity index is 431. The van der Waals surface area contributed by atoms with Gasteiger partial charge in [0.25, 0.3) is 0 Å². The van der Waals surface area contributed by atoms with Gasteiger partial charge in [-0.1, -0.05) is 6.07 Å². The maximum absolute atomic E-state index is 10.7. The van der Waals surface area contributed by atoms with Crippen molar-refractivity contribution in [3.8, 4) is 0 Å². The van der Waals surface area contributed by atoms with Gasteiger partial charge in [0.1, 0.15) is 0 Å². The van der Waals surface area contributed by atoms with E-state index in [1.54, 1.807) is 11.8 Å². The topological polar surface area (TPSA) is 49.3 Å². The quantitative estimate of drug-likeness (QED) is 0.830. The van der Waals surface area contributed by atoms with Gasteiger partial charge in [0.05, 0.1) is 6.42 Å². The largest absolute Gasteiger partial charge is 0.481 e. The van der Waals surface area contributed by atoms with Crippen LogP contribution in [0.5, 0.6) is 0 Å². The molecule has 1 aliphatic heterocycles. The molecule has 0 aromatic heterocycles. The number of rotatable bonds is 2. The number of fused-ring (bicyclic) bond motifs is 1. The maximum atomic E-state index is 10.7. The molecule has 4 heteroatoms. The Kier molecular flexibility index (Phi) is 3.10. The molecule has 16 heavy (non-hydrogen) atoms. The van der Waals surface area contributed by atoms with Gasteiger partial charge in [-0.3, -0.25) is 4.79 Å². The molecule has 0 saturated heterocycles. The lowest BCUT2D eigenvalue weighted by Gasteiger charge is -2.27. The Balaban J connectivity index is 2.23. The molecule has 0 aliphatic carbocycles. The summed E-state index contributed by atoms with van der Waals surface area (Å²) in [6.07, 6.45) is 0.180. The van der Waals surface area contributed by atoms with Crippen LogP contribution in [-0.4, -0.2) is 22.9 Å². The number of aryl methyl sites for hydroxylation is 2. The van der Waals surface area contributed by atoms with E-state index in [2.05, 4.69) is 31.3 Å². The molecular formula is C12H15NO2S. The van der Waals surface area contributed by atoms with Crippen LogP contribution in [0.4, 0.5) is 5.69 Å². The van der Waals surface area contributed by atoms with E-state index in [9.17, 15) is 4.79 Å². The van der Waals surface area contributed by atoms with Crippen LogP contribution in [0.15, 0.2) is 17.0 Å². The zero-order valence-corrected chi connectivity index (χ0v) is 10.2. The van der Waals surface area contributed by atoms with E-state index in [1.165, 1.54) is 16.0 Å². The lowest BCUT2D eigenvalue weighted by Crippen LogP contribution is -2.28. The van der Waals surface area contributed by atoms with Gasteiger partial charge in [-0.15, -0.1) is 11.8 Å². The van der Waals surface area contributed by atoms with Crippen molar-refractivity contribution in [1.29, 1.82) is 0 Å². The number of carboxylic acid groups (broad SMARTS) is 1. The monoisotopic (exact) mass is 237 g/mol. The SMILES string of the molecule is Cc1cc(C)c2c(c1)NC(CC(=O)O)CS2. The van der Waals surface area contributed by atoms with E-state index in [0.717, 1.165) is 11.4 Å². The second-order valence-electron chi connectivity index (χ2n) is 4.21. The van der Waals surface area contributed by atoms with Crippen LogP contribution < -0.4 is 5.32 Å². The fourth-order valence-electron chi connectivity index (χ4n) is 2.02. The molecule has 0 saturated carbocycles. The van der Waals surface area contributed by atoms with Gasteiger partial charge in [0.2, 0.25) is 0 Å². The van der Waals surface area contributed by atoms with Crippen LogP contribution in [0.3, 0.4) is 0 Å². The number of hydrogen-bond acceptors (Lipinski definition) is 3. The van der Waals surface area contributed by atoms with Gasteiger partial charge >= 0.3 is 5.97 Å². The van der Waals surface area contributed by atoms with E-state index in [4.69, 9.17) is 5.11 Å². The van der Waals surface area contributed by atoms with Gasteiger partial charge < -0.3 is 10.4 Å².